The first-order chi connectivity index (χ1) is 12.9. The van der Waals surface area contributed by atoms with Crippen LogP contribution in [0.2, 0.25) is 0 Å². The van der Waals surface area contributed by atoms with Gasteiger partial charge in [-0.05, 0) is 29.3 Å². The number of pyridine rings is 2. The molecular weight excluding hydrogens is 324 g/mol. The van der Waals surface area contributed by atoms with Gasteiger partial charge < -0.3 is 10.1 Å². The number of nitrogens with one attached hydrogen (secondary N) is 1. The van der Waals surface area contributed by atoms with Crippen LogP contribution >= 0.6 is 0 Å². The molecule has 3 aromatic rings. The van der Waals surface area contributed by atoms with Crippen LogP contribution in [0.1, 0.15) is 17.2 Å². The fourth-order valence-corrected chi connectivity index (χ4v) is 3.15. The molecule has 26 heavy (non-hydrogen) atoms. The standard InChI is InChI=1S/C21H22N4O/c1-2-5-18(6-3-1)20-16-25(11-12-26-20)15-17-8-9-21(23-13-17)24-19-7-4-10-22-14-19/h1-10,13-14,20H,11-12,15-16H2,(H,23,24). The molecule has 1 atom stereocenters. The van der Waals surface area contributed by atoms with E-state index in [0.717, 1.165) is 37.7 Å². The van der Waals surface area contributed by atoms with Gasteiger partial charge in [0.15, 0.2) is 0 Å². The SMILES string of the molecule is c1ccc(C2CN(Cc3ccc(Nc4cccnc4)nc3)CCO2)cc1. The van der Waals surface area contributed by atoms with Crippen LogP contribution in [0.5, 0.6) is 0 Å². The molecule has 132 valence electrons. The van der Waals surface area contributed by atoms with Gasteiger partial charge in [0.2, 0.25) is 0 Å². The molecule has 1 fully saturated rings. The Hall–Kier alpha value is -2.76. The summed E-state index contributed by atoms with van der Waals surface area (Å²) in [4.78, 5) is 11.0. The summed E-state index contributed by atoms with van der Waals surface area (Å²) in [6.07, 6.45) is 5.62. The topological polar surface area (TPSA) is 50.3 Å². The number of aromatic nitrogens is 2. The van der Waals surface area contributed by atoms with Crippen molar-refractivity contribution >= 4 is 11.5 Å². The Labute approximate surface area is 153 Å². The fourth-order valence-electron chi connectivity index (χ4n) is 3.15. The average molecular weight is 346 g/mol. The van der Waals surface area contributed by atoms with E-state index >= 15 is 0 Å². The highest BCUT2D eigenvalue weighted by molar-refractivity contribution is 5.54. The molecule has 0 saturated carbocycles. The molecule has 0 amide bonds. The van der Waals surface area contributed by atoms with Crippen molar-refractivity contribution in [3.8, 4) is 0 Å². The fraction of sp³-hybridized carbons (Fsp3) is 0.238. The van der Waals surface area contributed by atoms with Gasteiger partial charge in [-0.2, -0.15) is 0 Å². The highest BCUT2D eigenvalue weighted by Crippen LogP contribution is 2.23. The number of hydrogen-bond acceptors (Lipinski definition) is 5. The molecule has 2 aromatic heterocycles. The zero-order valence-corrected chi connectivity index (χ0v) is 14.6. The number of anilines is 2. The van der Waals surface area contributed by atoms with Gasteiger partial charge in [0.05, 0.1) is 24.6 Å². The minimum absolute atomic E-state index is 0.143. The van der Waals surface area contributed by atoms with Gasteiger partial charge in [0.1, 0.15) is 5.82 Å². The third kappa shape index (κ3) is 4.25. The van der Waals surface area contributed by atoms with Crippen molar-refractivity contribution in [3.05, 3.63) is 84.3 Å². The molecule has 0 aliphatic carbocycles. The second-order valence-corrected chi connectivity index (χ2v) is 6.42. The van der Waals surface area contributed by atoms with Crippen LogP contribution in [0.15, 0.2) is 73.2 Å². The van der Waals surface area contributed by atoms with Crippen LogP contribution in [0.4, 0.5) is 11.5 Å². The van der Waals surface area contributed by atoms with Gasteiger partial charge in [-0.25, -0.2) is 4.98 Å². The predicted octanol–water partition coefficient (Wildman–Crippen LogP) is 3.79. The molecule has 0 spiro atoms. The predicted molar refractivity (Wildman–Crippen MR) is 102 cm³/mol. The van der Waals surface area contributed by atoms with Crippen LogP contribution in [-0.4, -0.2) is 34.6 Å². The summed E-state index contributed by atoms with van der Waals surface area (Å²) < 4.78 is 5.94. The molecule has 1 aliphatic heterocycles. The van der Waals surface area contributed by atoms with E-state index in [1.165, 1.54) is 11.1 Å². The molecule has 0 radical (unpaired) electrons. The Morgan fingerprint density at radius 1 is 1.04 bits per heavy atom. The largest absolute Gasteiger partial charge is 0.371 e. The maximum absolute atomic E-state index is 5.94. The number of nitrogens with zero attached hydrogens (tertiary/aromatic N) is 3. The van der Waals surface area contributed by atoms with Crippen molar-refractivity contribution < 1.29 is 4.74 Å². The van der Waals surface area contributed by atoms with E-state index in [1.807, 2.05) is 30.5 Å². The first-order valence-electron chi connectivity index (χ1n) is 8.88. The van der Waals surface area contributed by atoms with Crippen LogP contribution in [0, 0.1) is 0 Å². The quantitative estimate of drug-likeness (QED) is 0.762. The van der Waals surface area contributed by atoms with E-state index in [4.69, 9.17) is 4.74 Å². The van der Waals surface area contributed by atoms with E-state index in [0.29, 0.717) is 0 Å². The van der Waals surface area contributed by atoms with Crippen molar-refractivity contribution in [2.75, 3.05) is 25.0 Å². The lowest BCUT2D eigenvalue weighted by molar-refractivity contribution is -0.0329. The van der Waals surface area contributed by atoms with E-state index in [2.05, 4.69) is 50.5 Å². The average Bonchev–Trinajstić information content (AvgIpc) is 2.71. The summed E-state index contributed by atoms with van der Waals surface area (Å²) in [6.45, 7) is 3.49. The third-order valence-corrected chi connectivity index (χ3v) is 4.49. The highest BCUT2D eigenvalue weighted by atomic mass is 16.5. The summed E-state index contributed by atoms with van der Waals surface area (Å²) in [5, 5.41) is 3.26. The Balaban J connectivity index is 1.36. The second kappa shape index (κ2) is 8.08. The van der Waals surface area contributed by atoms with Gasteiger partial charge in [-0.15, -0.1) is 0 Å². The molecule has 1 aliphatic rings. The van der Waals surface area contributed by atoms with Crippen molar-refractivity contribution in [1.82, 2.24) is 14.9 Å². The highest BCUT2D eigenvalue weighted by Gasteiger charge is 2.21. The zero-order chi connectivity index (χ0) is 17.6. The van der Waals surface area contributed by atoms with Crippen molar-refractivity contribution in [1.29, 1.82) is 0 Å². The lowest BCUT2D eigenvalue weighted by Crippen LogP contribution is -2.37. The van der Waals surface area contributed by atoms with Gasteiger partial charge in [-0.1, -0.05) is 36.4 Å². The minimum atomic E-state index is 0.143. The molecule has 5 heteroatoms. The van der Waals surface area contributed by atoms with E-state index in [9.17, 15) is 0 Å². The Morgan fingerprint density at radius 2 is 1.96 bits per heavy atom. The summed E-state index contributed by atoms with van der Waals surface area (Å²) in [6, 6.07) is 18.4. The van der Waals surface area contributed by atoms with E-state index < -0.39 is 0 Å². The monoisotopic (exact) mass is 346 g/mol. The van der Waals surface area contributed by atoms with Gasteiger partial charge in [0.25, 0.3) is 0 Å². The molecule has 5 nitrogen and oxygen atoms in total. The Bertz CT molecular complexity index is 808. The maximum atomic E-state index is 5.94. The third-order valence-electron chi connectivity index (χ3n) is 4.49. The molecule has 1 aromatic carbocycles. The maximum Gasteiger partial charge on any atom is 0.130 e. The summed E-state index contributed by atoms with van der Waals surface area (Å²) >= 11 is 0. The number of ether oxygens (including phenoxy) is 1. The number of rotatable bonds is 5. The zero-order valence-electron chi connectivity index (χ0n) is 14.6. The lowest BCUT2D eigenvalue weighted by atomic mass is 10.1. The van der Waals surface area contributed by atoms with E-state index in [1.54, 1.807) is 12.4 Å². The molecule has 1 N–H and O–H groups in total. The molecule has 0 bridgehead atoms. The smallest absolute Gasteiger partial charge is 0.130 e. The Kier molecular flexibility index (Phi) is 5.19. The van der Waals surface area contributed by atoms with Gasteiger partial charge in [-0.3, -0.25) is 9.88 Å². The lowest BCUT2D eigenvalue weighted by Gasteiger charge is -2.33. The number of hydrogen-bond donors (Lipinski definition) is 1. The normalized spacial score (nSPS) is 17.8. The number of morpholine rings is 1. The van der Waals surface area contributed by atoms with Gasteiger partial charge >= 0.3 is 0 Å². The molecule has 1 unspecified atom stereocenters. The van der Waals surface area contributed by atoms with Crippen molar-refractivity contribution in [3.63, 3.8) is 0 Å². The summed E-state index contributed by atoms with van der Waals surface area (Å²) in [5.41, 5.74) is 3.38. The van der Waals surface area contributed by atoms with Crippen molar-refractivity contribution in [2.24, 2.45) is 0 Å². The van der Waals surface area contributed by atoms with Crippen molar-refractivity contribution in [2.45, 2.75) is 12.6 Å². The van der Waals surface area contributed by atoms with Crippen LogP contribution < -0.4 is 5.32 Å². The summed E-state index contributed by atoms with van der Waals surface area (Å²) in [7, 11) is 0. The van der Waals surface area contributed by atoms with Crippen LogP contribution in [0.3, 0.4) is 0 Å². The minimum Gasteiger partial charge on any atom is -0.371 e. The first-order valence-corrected chi connectivity index (χ1v) is 8.88. The van der Waals surface area contributed by atoms with E-state index in [-0.39, 0.29) is 6.10 Å². The first kappa shape index (κ1) is 16.7. The van der Waals surface area contributed by atoms with Gasteiger partial charge in [0, 0.05) is 32.0 Å². The molecule has 1 saturated heterocycles. The van der Waals surface area contributed by atoms with Crippen LogP contribution in [0.25, 0.3) is 0 Å². The molecule has 4 rings (SSSR count). The Morgan fingerprint density at radius 3 is 2.73 bits per heavy atom. The summed E-state index contributed by atoms with van der Waals surface area (Å²) in [5.74, 6) is 0.825. The van der Waals surface area contributed by atoms with Crippen LogP contribution in [-0.2, 0) is 11.3 Å². The molecule has 3 heterocycles. The molecular formula is C21H22N4O. The second-order valence-electron chi connectivity index (χ2n) is 6.42. The number of benzene rings is 1.